The molecule has 8 bridgehead atoms. The molecule has 0 spiro atoms. The summed E-state index contributed by atoms with van der Waals surface area (Å²) in [6.07, 6.45) is 12.9. The fourth-order valence-corrected chi connectivity index (χ4v) is 7.13. The Hall–Kier alpha value is -4.48. The van der Waals surface area contributed by atoms with Crippen molar-refractivity contribution < 1.29 is 19.7 Å². The van der Waals surface area contributed by atoms with Crippen LogP contribution in [0.2, 0.25) is 0 Å². The summed E-state index contributed by atoms with van der Waals surface area (Å²) < 4.78 is 4.97. The number of aliphatic hydroxyl groups excluding tert-OH is 2. The highest BCUT2D eigenvalue weighted by Crippen LogP contribution is 2.46. The van der Waals surface area contributed by atoms with E-state index >= 15 is 0 Å². The number of rotatable bonds is 6. The number of aliphatic imine (C=N–C) groups is 3. The maximum Gasteiger partial charge on any atom is 0.305 e. The molecular weight excluding hydrogens is 552 g/mol. The van der Waals surface area contributed by atoms with Crippen molar-refractivity contribution in [3.05, 3.63) is 91.5 Å². The first kappa shape index (κ1) is 29.6. The molecule has 3 atom stereocenters. The molecule has 1 unspecified atom stereocenters. The molecule has 6 aliphatic rings. The molecule has 1 saturated heterocycles. The molecule has 3 N–H and O–H groups in total. The molecule has 5 aliphatic heterocycles. The SMILES string of the molecule is C#CCC(O)C1=C(C)C2=NC1=CC1=NC(=CC3=C(C)C4=C(O)CC(=C5NC(=C2)[C@@H](C)[C@@H]5CCC(=O)OC)C4=N3)C(CC)=C1C. The molecule has 5 heterocycles. The molecule has 6 rings (SSSR count). The summed E-state index contributed by atoms with van der Waals surface area (Å²) in [7, 11) is 1.40. The Labute approximate surface area is 258 Å². The second-order valence-electron chi connectivity index (χ2n) is 12.1. The predicted molar refractivity (Wildman–Crippen MR) is 173 cm³/mol. The van der Waals surface area contributed by atoms with Crippen molar-refractivity contribution in [3.8, 4) is 12.3 Å². The zero-order valence-electron chi connectivity index (χ0n) is 26.1. The third-order valence-corrected chi connectivity index (χ3v) is 9.63. The molecule has 0 amide bonds. The summed E-state index contributed by atoms with van der Waals surface area (Å²) in [6.45, 7) is 10.3. The van der Waals surface area contributed by atoms with Crippen molar-refractivity contribution in [2.75, 3.05) is 7.11 Å². The second kappa shape index (κ2) is 11.2. The third-order valence-electron chi connectivity index (χ3n) is 9.63. The van der Waals surface area contributed by atoms with Crippen LogP contribution in [0.1, 0.15) is 66.7 Å². The summed E-state index contributed by atoms with van der Waals surface area (Å²) in [4.78, 5) is 27.4. The van der Waals surface area contributed by atoms with E-state index < -0.39 is 6.10 Å². The Morgan fingerprint density at radius 1 is 1.11 bits per heavy atom. The van der Waals surface area contributed by atoms with Crippen molar-refractivity contribution in [2.24, 2.45) is 26.8 Å². The van der Waals surface area contributed by atoms with Gasteiger partial charge in [0.2, 0.25) is 0 Å². The van der Waals surface area contributed by atoms with Gasteiger partial charge in [-0.3, -0.25) is 4.79 Å². The first-order valence-corrected chi connectivity index (χ1v) is 15.2. The van der Waals surface area contributed by atoms with E-state index in [4.69, 9.17) is 26.1 Å². The van der Waals surface area contributed by atoms with E-state index in [2.05, 4.69) is 32.0 Å². The van der Waals surface area contributed by atoms with Gasteiger partial charge in [0.05, 0.1) is 47.4 Å². The molecule has 0 saturated carbocycles. The third kappa shape index (κ3) is 4.67. The summed E-state index contributed by atoms with van der Waals surface area (Å²) in [5.41, 5.74) is 12.8. The number of aliphatic hydroxyl groups is 2. The van der Waals surface area contributed by atoms with Gasteiger partial charge in [0.1, 0.15) is 5.76 Å². The lowest BCUT2D eigenvalue weighted by molar-refractivity contribution is -0.140. The highest BCUT2D eigenvalue weighted by molar-refractivity contribution is 6.21. The van der Waals surface area contributed by atoms with Crippen LogP contribution in [0, 0.1) is 24.2 Å². The molecule has 0 aromatic carbocycles. The predicted octanol–water partition coefficient (Wildman–Crippen LogP) is 6.00. The zero-order valence-corrected chi connectivity index (χ0v) is 26.1. The zero-order chi connectivity index (χ0) is 31.4. The fraction of sp³-hybridized carbons (Fsp3) is 0.389. The summed E-state index contributed by atoms with van der Waals surface area (Å²) in [5, 5.41) is 26.0. The van der Waals surface area contributed by atoms with Crippen LogP contribution in [0.25, 0.3) is 0 Å². The minimum atomic E-state index is -0.871. The second-order valence-corrected chi connectivity index (χ2v) is 12.1. The molecule has 226 valence electrons. The largest absolute Gasteiger partial charge is 0.511 e. The number of terminal acetylenes is 1. The number of nitrogens with zero attached hydrogens (tertiary/aromatic N) is 3. The van der Waals surface area contributed by atoms with Gasteiger partial charge in [0, 0.05) is 59.2 Å². The van der Waals surface area contributed by atoms with E-state index in [9.17, 15) is 15.0 Å². The van der Waals surface area contributed by atoms with Crippen LogP contribution in [0.15, 0.2) is 106 Å². The van der Waals surface area contributed by atoms with Crippen molar-refractivity contribution in [1.82, 2.24) is 5.32 Å². The minimum absolute atomic E-state index is 0.0157. The number of hydrogen-bond donors (Lipinski definition) is 3. The number of nitrogens with one attached hydrogen (secondary N) is 1. The van der Waals surface area contributed by atoms with Gasteiger partial charge in [0.25, 0.3) is 0 Å². The van der Waals surface area contributed by atoms with Crippen molar-refractivity contribution in [1.29, 1.82) is 0 Å². The quantitative estimate of drug-likeness (QED) is 0.259. The van der Waals surface area contributed by atoms with Crippen molar-refractivity contribution in [2.45, 2.75) is 72.8 Å². The number of methoxy groups -OCH3 is 1. The maximum atomic E-state index is 12.2. The highest BCUT2D eigenvalue weighted by atomic mass is 16.5. The van der Waals surface area contributed by atoms with Gasteiger partial charge in [-0.15, -0.1) is 12.3 Å². The molecule has 8 nitrogen and oxygen atoms in total. The number of hydrogen-bond acceptors (Lipinski definition) is 8. The van der Waals surface area contributed by atoms with E-state index in [0.29, 0.717) is 29.9 Å². The van der Waals surface area contributed by atoms with Gasteiger partial charge >= 0.3 is 5.97 Å². The smallest absolute Gasteiger partial charge is 0.305 e. The van der Waals surface area contributed by atoms with Gasteiger partial charge in [-0.25, -0.2) is 15.0 Å². The van der Waals surface area contributed by atoms with Crippen LogP contribution < -0.4 is 5.32 Å². The van der Waals surface area contributed by atoms with Gasteiger partial charge in [-0.1, -0.05) is 13.8 Å². The molecule has 1 aliphatic carbocycles. The van der Waals surface area contributed by atoms with Crippen molar-refractivity contribution in [3.63, 3.8) is 0 Å². The standard InChI is InChI=1S/C36H38N4O4/c1-8-10-30(41)33-19(5)26-14-25-18(4)22(11-12-32(43)44-7)35(39-25)23-13-31(42)34-20(6)27(40-36(23)34)15-28-21(9-2)17(3)24(37-28)16-29(33)38-26/h1,14-16,18,22,30,39,41-42H,9-13H2,2-7H3/t18-,22-,30?/m0/s1. The molecular formula is C36H38N4O4. The number of carbonyl (C=O) groups is 1. The topological polar surface area (TPSA) is 116 Å². The van der Waals surface area contributed by atoms with Crippen LogP contribution >= 0.6 is 0 Å². The van der Waals surface area contributed by atoms with Crippen LogP contribution in [0.3, 0.4) is 0 Å². The lowest BCUT2D eigenvalue weighted by Crippen LogP contribution is -2.16. The van der Waals surface area contributed by atoms with E-state index in [1.54, 1.807) is 0 Å². The van der Waals surface area contributed by atoms with Crippen LogP contribution in [0.5, 0.6) is 0 Å². The monoisotopic (exact) mass is 590 g/mol. The van der Waals surface area contributed by atoms with Crippen LogP contribution in [-0.4, -0.2) is 46.5 Å². The van der Waals surface area contributed by atoms with Crippen LogP contribution in [-0.2, 0) is 9.53 Å². The normalized spacial score (nSPS) is 24.7. The number of fused-ring (bicyclic) bond motifs is 5. The van der Waals surface area contributed by atoms with Crippen molar-refractivity contribution >= 4 is 23.1 Å². The van der Waals surface area contributed by atoms with Gasteiger partial charge < -0.3 is 20.3 Å². The number of esters is 1. The van der Waals surface area contributed by atoms with Gasteiger partial charge in [0.15, 0.2) is 0 Å². The Balaban J connectivity index is 1.60. The molecule has 0 aromatic rings. The molecule has 1 fully saturated rings. The highest BCUT2D eigenvalue weighted by Gasteiger charge is 2.41. The van der Waals surface area contributed by atoms with Crippen LogP contribution in [0.4, 0.5) is 0 Å². The van der Waals surface area contributed by atoms with Gasteiger partial charge in [-0.2, -0.15) is 0 Å². The van der Waals surface area contributed by atoms with Gasteiger partial charge in [-0.05, 0) is 74.1 Å². The Bertz CT molecular complexity index is 1790. The fourth-order valence-electron chi connectivity index (χ4n) is 7.13. The summed E-state index contributed by atoms with van der Waals surface area (Å²) in [5.74, 6) is 2.61. The lowest BCUT2D eigenvalue weighted by atomic mass is 9.86. The van der Waals surface area contributed by atoms with E-state index in [1.165, 1.54) is 7.11 Å². The number of ether oxygens (including phenoxy) is 1. The minimum Gasteiger partial charge on any atom is -0.511 e. The lowest BCUT2D eigenvalue weighted by Gasteiger charge is -2.17. The first-order chi connectivity index (χ1) is 21.1. The first-order valence-electron chi connectivity index (χ1n) is 15.2. The Kier molecular flexibility index (Phi) is 7.54. The molecule has 44 heavy (non-hydrogen) atoms. The average Bonchev–Trinajstić information content (AvgIpc) is 3.74. The van der Waals surface area contributed by atoms with E-state index in [1.807, 2.05) is 32.1 Å². The maximum absolute atomic E-state index is 12.2. The summed E-state index contributed by atoms with van der Waals surface area (Å²) >= 11 is 0. The Morgan fingerprint density at radius 3 is 2.55 bits per heavy atom. The number of allylic oxidation sites excluding steroid dienone is 11. The average molecular weight is 591 g/mol. The van der Waals surface area contributed by atoms with E-state index in [-0.39, 0.29) is 30.6 Å². The Morgan fingerprint density at radius 2 is 1.84 bits per heavy atom. The molecule has 8 heteroatoms. The summed E-state index contributed by atoms with van der Waals surface area (Å²) in [6, 6.07) is 0. The molecule has 0 aromatic heterocycles. The van der Waals surface area contributed by atoms with E-state index in [0.717, 1.165) is 79.8 Å². The number of carbonyl (C=O) groups excluding carboxylic acids is 1. The molecule has 0 radical (unpaired) electrons.